The minimum atomic E-state index is 0.638. The van der Waals surface area contributed by atoms with Gasteiger partial charge < -0.3 is 0 Å². The summed E-state index contributed by atoms with van der Waals surface area (Å²) in [5.74, 6) is 0.638. The van der Waals surface area contributed by atoms with E-state index < -0.39 is 0 Å². The van der Waals surface area contributed by atoms with Gasteiger partial charge in [-0.15, -0.1) is 11.8 Å². The van der Waals surface area contributed by atoms with E-state index in [0.29, 0.717) is 5.92 Å². The summed E-state index contributed by atoms with van der Waals surface area (Å²) >= 11 is 1.82. The molecule has 1 aromatic rings. The normalized spacial score (nSPS) is 8.53. The maximum atomic E-state index is 2.23. The largest absolute Gasteiger partial charge is 0.129 e. The lowest BCUT2D eigenvalue weighted by Gasteiger charge is -2.09. The minimum Gasteiger partial charge on any atom is -0.129 e. The summed E-state index contributed by atoms with van der Waals surface area (Å²) in [6.07, 6.45) is 2.13. The zero-order chi connectivity index (χ0) is 12.3. The zero-order valence-electron chi connectivity index (χ0n) is 11.3. The maximum absolute atomic E-state index is 2.23. The highest BCUT2D eigenvalue weighted by Crippen LogP contribution is 2.25. The van der Waals surface area contributed by atoms with Crippen LogP contribution in [0.5, 0.6) is 0 Å². The van der Waals surface area contributed by atoms with Gasteiger partial charge in [0.2, 0.25) is 0 Å². The molecule has 0 fully saturated rings. The first-order valence-electron chi connectivity index (χ1n) is 5.88. The van der Waals surface area contributed by atoms with Crippen molar-refractivity contribution in [2.75, 3.05) is 6.26 Å². The number of hydrogen-bond donors (Lipinski definition) is 0. The van der Waals surface area contributed by atoms with Crippen molar-refractivity contribution < 1.29 is 0 Å². The summed E-state index contributed by atoms with van der Waals surface area (Å²) in [7, 11) is 0. The molecule has 15 heavy (non-hydrogen) atoms. The van der Waals surface area contributed by atoms with E-state index >= 15 is 0 Å². The van der Waals surface area contributed by atoms with Gasteiger partial charge in [0, 0.05) is 4.90 Å². The van der Waals surface area contributed by atoms with E-state index in [1.165, 1.54) is 10.5 Å². The molecule has 1 aromatic carbocycles. The van der Waals surface area contributed by atoms with Gasteiger partial charge in [-0.2, -0.15) is 0 Å². The van der Waals surface area contributed by atoms with Crippen LogP contribution < -0.4 is 0 Å². The molecule has 0 unspecified atom stereocenters. The average molecular weight is 226 g/mol. The van der Waals surface area contributed by atoms with Crippen molar-refractivity contribution in [1.82, 2.24) is 0 Å². The first-order valence-corrected chi connectivity index (χ1v) is 7.11. The van der Waals surface area contributed by atoms with Crippen molar-refractivity contribution in [3.8, 4) is 0 Å². The molecule has 0 spiro atoms. The molecule has 0 aliphatic carbocycles. The molecule has 0 saturated heterocycles. The van der Waals surface area contributed by atoms with Crippen molar-refractivity contribution in [2.45, 2.75) is 52.4 Å². The molecule has 0 aliphatic rings. The van der Waals surface area contributed by atoms with Crippen LogP contribution in [0.3, 0.4) is 0 Å². The molecular formula is C14H26S. The molecular weight excluding hydrogens is 200 g/mol. The quantitative estimate of drug-likeness (QED) is 0.593. The Balaban J connectivity index is 0. The highest BCUT2D eigenvalue weighted by molar-refractivity contribution is 7.98. The second-order valence-corrected chi connectivity index (χ2v) is 3.74. The highest BCUT2D eigenvalue weighted by Gasteiger charge is 2.02. The van der Waals surface area contributed by atoms with Crippen molar-refractivity contribution in [2.24, 2.45) is 0 Å². The maximum Gasteiger partial charge on any atom is 0.0104 e. The Morgan fingerprint density at radius 2 is 1.40 bits per heavy atom. The topological polar surface area (TPSA) is 0 Å². The van der Waals surface area contributed by atoms with Crippen LogP contribution in [0.25, 0.3) is 0 Å². The number of hydrogen-bond acceptors (Lipinski definition) is 1. The second kappa shape index (κ2) is 11.6. The molecule has 0 aromatic heterocycles. The summed E-state index contributed by atoms with van der Waals surface area (Å²) in [5.41, 5.74) is 1.46. The van der Waals surface area contributed by atoms with Gasteiger partial charge in [0.05, 0.1) is 0 Å². The van der Waals surface area contributed by atoms with Crippen molar-refractivity contribution >= 4 is 11.8 Å². The van der Waals surface area contributed by atoms with E-state index in [4.69, 9.17) is 0 Å². The fourth-order valence-electron chi connectivity index (χ4n) is 1.14. The number of thioether (sulfide) groups is 1. The van der Waals surface area contributed by atoms with Gasteiger partial charge in [0.15, 0.2) is 0 Å². The predicted molar refractivity (Wildman–Crippen MR) is 75.0 cm³/mol. The molecule has 1 rings (SSSR count). The third-order valence-corrected chi connectivity index (χ3v) is 2.57. The Kier molecular flexibility index (Phi) is 13.2. The van der Waals surface area contributed by atoms with E-state index in [9.17, 15) is 0 Å². The molecule has 0 N–H and O–H groups in total. The lowest BCUT2D eigenvalue weighted by Crippen LogP contribution is -1.88. The second-order valence-electron chi connectivity index (χ2n) is 2.90. The van der Waals surface area contributed by atoms with E-state index in [1.807, 2.05) is 39.5 Å². The summed E-state index contributed by atoms with van der Waals surface area (Å²) in [5, 5.41) is 0. The van der Waals surface area contributed by atoms with Gasteiger partial charge in [-0.25, -0.2) is 0 Å². The van der Waals surface area contributed by atoms with Crippen LogP contribution in [-0.2, 0) is 0 Å². The van der Waals surface area contributed by atoms with Gasteiger partial charge in [-0.3, -0.25) is 0 Å². The molecule has 0 radical (unpaired) electrons. The monoisotopic (exact) mass is 226 g/mol. The average Bonchev–Trinajstić information content (AvgIpc) is 2.34. The van der Waals surface area contributed by atoms with Gasteiger partial charge in [-0.05, 0) is 23.8 Å². The van der Waals surface area contributed by atoms with E-state index in [2.05, 4.69) is 44.4 Å². The lowest BCUT2D eigenvalue weighted by molar-refractivity contribution is 0.842. The van der Waals surface area contributed by atoms with Gasteiger partial charge >= 0.3 is 0 Å². The molecule has 0 heterocycles. The predicted octanol–water partition coefficient (Wildman–Crippen LogP) is 5.58. The third kappa shape index (κ3) is 6.62. The SMILES string of the molecule is CC.CC.CSc1ccccc1C(C)C. The fraction of sp³-hybridized carbons (Fsp3) is 0.571. The summed E-state index contributed by atoms with van der Waals surface area (Å²) in [6.45, 7) is 12.5. The van der Waals surface area contributed by atoms with Gasteiger partial charge in [0.1, 0.15) is 0 Å². The van der Waals surface area contributed by atoms with Crippen LogP contribution in [0.2, 0.25) is 0 Å². The number of benzene rings is 1. The van der Waals surface area contributed by atoms with Crippen LogP contribution in [0.1, 0.15) is 53.0 Å². The summed E-state index contributed by atoms with van der Waals surface area (Å²) < 4.78 is 0. The smallest absolute Gasteiger partial charge is 0.0104 e. The van der Waals surface area contributed by atoms with Gasteiger partial charge in [0.25, 0.3) is 0 Å². The molecule has 1 heteroatoms. The Hall–Kier alpha value is -0.430. The minimum absolute atomic E-state index is 0.638. The Bertz CT molecular complexity index is 229. The van der Waals surface area contributed by atoms with Crippen LogP contribution in [0.4, 0.5) is 0 Å². The van der Waals surface area contributed by atoms with Crippen LogP contribution in [0.15, 0.2) is 29.2 Å². The molecule has 0 saturated carbocycles. The Labute approximate surface area is 100 Å². The lowest BCUT2D eigenvalue weighted by atomic mass is 10.0. The van der Waals surface area contributed by atoms with Crippen molar-refractivity contribution in [1.29, 1.82) is 0 Å². The standard InChI is InChI=1S/C10H14S.2C2H6/c1-8(2)9-6-4-5-7-10(9)11-3;2*1-2/h4-8H,1-3H3;2*1-2H3. The summed E-state index contributed by atoms with van der Waals surface area (Å²) in [4.78, 5) is 1.41. The van der Waals surface area contributed by atoms with E-state index in [-0.39, 0.29) is 0 Å². The molecule has 88 valence electrons. The fourth-order valence-corrected chi connectivity index (χ4v) is 1.90. The molecule has 0 bridgehead atoms. The Morgan fingerprint density at radius 1 is 0.933 bits per heavy atom. The molecule has 0 amide bonds. The molecule has 0 nitrogen and oxygen atoms in total. The number of rotatable bonds is 2. The molecule has 0 atom stereocenters. The third-order valence-electron chi connectivity index (χ3n) is 1.76. The first-order chi connectivity index (χ1) is 7.25. The summed E-state index contributed by atoms with van der Waals surface area (Å²) in [6, 6.07) is 8.59. The Morgan fingerprint density at radius 3 is 1.73 bits per heavy atom. The van der Waals surface area contributed by atoms with E-state index in [0.717, 1.165) is 0 Å². The van der Waals surface area contributed by atoms with Crippen LogP contribution in [-0.4, -0.2) is 6.26 Å². The first kappa shape index (κ1) is 17.0. The van der Waals surface area contributed by atoms with E-state index in [1.54, 1.807) is 0 Å². The molecule has 0 aliphatic heterocycles. The van der Waals surface area contributed by atoms with Crippen molar-refractivity contribution in [3.63, 3.8) is 0 Å². The van der Waals surface area contributed by atoms with Crippen LogP contribution in [0, 0.1) is 0 Å². The van der Waals surface area contributed by atoms with Crippen LogP contribution >= 0.6 is 11.8 Å². The van der Waals surface area contributed by atoms with Crippen molar-refractivity contribution in [3.05, 3.63) is 29.8 Å². The highest BCUT2D eigenvalue weighted by atomic mass is 32.2. The zero-order valence-corrected chi connectivity index (χ0v) is 12.1. The van der Waals surface area contributed by atoms with Gasteiger partial charge in [-0.1, -0.05) is 59.7 Å².